The van der Waals surface area contributed by atoms with Gasteiger partial charge in [-0.2, -0.15) is 0 Å². The molecule has 0 aromatic heterocycles. The molecule has 23 heavy (non-hydrogen) atoms. The van der Waals surface area contributed by atoms with Crippen molar-refractivity contribution in [3.05, 3.63) is 0 Å². The highest BCUT2D eigenvalue weighted by atomic mass is 35.5. The maximum Gasteiger partial charge on any atom is 0.224 e. The van der Waals surface area contributed by atoms with Gasteiger partial charge < -0.3 is 44.8 Å². The Morgan fingerprint density at radius 3 is 2.13 bits per heavy atom. The number of hydrogen-bond acceptors (Lipinski definition) is 9. The summed E-state index contributed by atoms with van der Waals surface area (Å²) in [7, 11) is 0. The van der Waals surface area contributed by atoms with E-state index >= 15 is 0 Å². The number of aliphatic hydroxyl groups is 6. The molecule has 0 amide bonds. The van der Waals surface area contributed by atoms with Crippen molar-refractivity contribution in [1.29, 1.82) is 0 Å². The fraction of sp³-hybridized carbons (Fsp3) is 1.00. The first-order valence-corrected chi connectivity index (χ1v) is 7.93. The van der Waals surface area contributed by atoms with Gasteiger partial charge in [-0.15, -0.1) is 23.2 Å². The van der Waals surface area contributed by atoms with Gasteiger partial charge in [0.15, 0.2) is 6.29 Å². The highest BCUT2D eigenvalue weighted by Crippen LogP contribution is 2.36. The van der Waals surface area contributed by atoms with Crippen LogP contribution in [0.4, 0.5) is 0 Å². The molecule has 11 heteroatoms. The molecule has 0 radical (unpaired) electrons. The zero-order valence-corrected chi connectivity index (χ0v) is 13.4. The molecule has 6 N–H and O–H groups in total. The van der Waals surface area contributed by atoms with Crippen LogP contribution in [-0.2, 0) is 14.2 Å². The van der Waals surface area contributed by atoms with Crippen LogP contribution < -0.4 is 0 Å². The molecule has 0 aromatic rings. The SMILES string of the molecule is OC[C@H]1O[C@H](O[C@]2(CO)O[C@H](CCl)[C@@H](O)[C@@H]2O)[C@H](O)[C@@H](O)[C@H]1Cl. The zero-order valence-electron chi connectivity index (χ0n) is 11.9. The number of rotatable bonds is 5. The molecular weight excluding hydrogens is 359 g/mol. The van der Waals surface area contributed by atoms with Gasteiger partial charge in [0.25, 0.3) is 0 Å². The summed E-state index contributed by atoms with van der Waals surface area (Å²) in [4.78, 5) is 0. The van der Waals surface area contributed by atoms with Crippen molar-refractivity contribution >= 4 is 23.2 Å². The molecule has 2 rings (SSSR count). The van der Waals surface area contributed by atoms with Gasteiger partial charge in [0.2, 0.25) is 5.79 Å². The lowest BCUT2D eigenvalue weighted by Gasteiger charge is -2.43. The molecular formula is C12H20Cl2O9. The Kier molecular flexibility index (Phi) is 6.48. The maximum atomic E-state index is 10.1. The third-order valence-electron chi connectivity index (χ3n) is 3.99. The van der Waals surface area contributed by atoms with Crippen molar-refractivity contribution < 1.29 is 44.8 Å². The Balaban J connectivity index is 2.18. The highest BCUT2D eigenvalue weighted by Gasteiger charge is 2.58. The molecule has 0 saturated carbocycles. The second kappa shape index (κ2) is 7.63. The van der Waals surface area contributed by atoms with Crippen molar-refractivity contribution in [3.63, 3.8) is 0 Å². The molecule has 0 bridgehead atoms. The summed E-state index contributed by atoms with van der Waals surface area (Å²) < 4.78 is 15.8. The van der Waals surface area contributed by atoms with Gasteiger partial charge in [-0.1, -0.05) is 0 Å². The highest BCUT2D eigenvalue weighted by molar-refractivity contribution is 6.21. The van der Waals surface area contributed by atoms with E-state index < -0.39 is 67.3 Å². The van der Waals surface area contributed by atoms with Crippen LogP contribution in [0.3, 0.4) is 0 Å². The van der Waals surface area contributed by atoms with Crippen LogP contribution in [0.25, 0.3) is 0 Å². The standard InChI is InChI=1S/C12H20Cl2O9/c13-1-4-7(17)10(20)12(3-16,22-4)23-11-9(19)8(18)6(14)5(2-15)21-11/h4-11,15-20H,1-3H2/t4-,5-,6+,7-,8+,9-,10+,11-,12+/m1/s1. The average Bonchev–Trinajstić information content (AvgIpc) is 2.80. The monoisotopic (exact) mass is 378 g/mol. The molecule has 0 spiro atoms. The lowest BCUT2D eigenvalue weighted by atomic mass is 10.0. The summed E-state index contributed by atoms with van der Waals surface area (Å²) in [5.41, 5.74) is 0. The summed E-state index contributed by atoms with van der Waals surface area (Å²) in [5, 5.41) is 57.4. The molecule has 2 heterocycles. The maximum absolute atomic E-state index is 10.1. The zero-order chi connectivity index (χ0) is 17.4. The Labute approximate surface area is 141 Å². The lowest BCUT2D eigenvalue weighted by Crippen LogP contribution is -2.61. The summed E-state index contributed by atoms with van der Waals surface area (Å²) in [6.45, 7) is -1.43. The Bertz CT molecular complexity index is 401. The smallest absolute Gasteiger partial charge is 0.224 e. The van der Waals surface area contributed by atoms with Crippen LogP contribution in [-0.4, -0.2) is 104 Å². The van der Waals surface area contributed by atoms with Crippen LogP contribution in [0.1, 0.15) is 0 Å². The van der Waals surface area contributed by atoms with Gasteiger partial charge in [-0.05, 0) is 0 Å². The molecule has 9 nitrogen and oxygen atoms in total. The molecule has 0 unspecified atom stereocenters. The van der Waals surface area contributed by atoms with Crippen LogP contribution in [0.15, 0.2) is 0 Å². The number of halogens is 2. The predicted molar refractivity (Wildman–Crippen MR) is 75.9 cm³/mol. The minimum atomic E-state index is -2.11. The Morgan fingerprint density at radius 2 is 1.65 bits per heavy atom. The van der Waals surface area contributed by atoms with Gasteiger partial charge in [0.05, 0.1) is 17.9 Å². The minimum Gasteiger partial charge on any atom is -0.394 e. The fourth-order valence-electron chi connectivity index (χ4n) is 2.58. The van der Waals surface area contributed by atoms with E-state index in [9.17, 15) is 30.6 Å². The Hall–Kier alpha value is 0.220. The average molecular weight is 379 g/mol. The summed E-state index contributed by atoms with van der Waals surface area (Å²) in [5.74, 6) is -2.29. The normalized spacial score (nSPS) is 51.1. The first kappa shape index (κ1) is 19.5. The molecule has 2 aliphatic rings. The topological polar surface area (TPSA) is 149 Å². The van der Waals surface area contributed by atoms with E-state index in [2.05, 4.69) is 0 Å². The van der Waals surface area contributed by atoms with E-state index in [4.69, 9.17) is 37.4 Å². The van der Waals surface area contributed by atoms with Crippen molar-refractivity contribution in [1.82, 2.24) is 0 Å². The molecule has 0 aromatic carbocycles. The fourth-order valence-corrected chi connectivity index (χ4v) is 3.12. The van der Waals surface area contributed by atoms with Crippen LogP contribution in [0.5, 0.6) is 0 Å². The molecule has 0 aliphatic carbocycles. The molecule has 2 aliphatic heterocycles. The third-order valence-corrected chi connectivity index (χ3v) is 4.84. The van der Waals surface area contributed by atoms with Gasteiger partial charge >= 0.3 is 0 Å². The Morgan fingerprint density at radius 1 is 1.00 bits per heavy atom. The van der Waals surface area contributed by atoms with E-state index in [1.54, 1.807) is 0 Å². The number of alkyl halides is 2. The summed E-state index contributed by atoms with van der Waals surface area (Å²) in [6, 6.07) is 0. The van der Waals surface area contributed by atoms with Gasteiger partial charge in [0.1, 0.15) is 43.2 Å². The van der Waals surface area contributed by atoms with Crippen LogP contribution in [0, 0.1) is 0 Å². The van der Waals surface area contributed by atoms with E-state index in [-0.39, 0.29) is 5.88 Å². The quantitative estimate of drug-likeness (QED) is 0.277. The van der Waals surface area contributed by atoms with Gasteiger partial charge in [-0.25, -0.2) is 0 Å². The molecule has 2 fully saturated rings. The largest absolute Gasteiger partial charge is 0.394 e. The van der Waals surface area contributed by atoms with Gasteiger partial charge in [-0.3, -0.25) is 0 Å². The number of ether oxygens (including phenoxy) is 3. The first-order chi connectivity index (χ1) is 10.8. The summed E-state index contributed by atoms with van der Waals surface area (Å²) >= 11 is 11.4. The van der Waals surface area contributed by atoms with Crippen LogP contribution >= 0.6 is 23.2 Å². The predicted octanol–water partition coefficient (Wildman–Crippen LogP) is -2.90. The molecule has 2 saturated heterocycles. The van der Waals surface area contributed by atoms with E-state index in [0.717, 1.165) is 0 Å². The molecule has 136 valence electrons. The summed E-state index contributed by atoms with van der Waals surface area (Å²) in [6.07, 6.45) is -9.87. The molecule has 9 atom stereocenters. The van der Waals surface area contributed by atoms with E-state index in [1.807, 2.05) is 0 Å². The second-order valence-electron chi connectivity index (χ2n) is 5.48. The minimum absolute atomic E-state index is 0.178. The number of aliphatic hydroxyl groups excluding tert-OH is 6. The lowest BCUT2D eigenvalue weighted by molar-refractivity contribution is -0.371. The van der Waals surface area contributed by atoms with Crippen molar-refractivity contribution in [3.8, 4) is 0 Å². The van der Waals surface area contributed by atoms with E-state index in [0.29, 0.717) is 0 Å². The van der Waals surface area contributed by atoms with E-state index in [1.165, 1.54) is 0 Å². The second-order valence-corrected chi connectivity index (χ2v) is 6.30. The first-order valence-electron chi connectivity index (χ1n) is 6.96. The number of hydrogen-bond donors (Lipinski definition) is 6. The van der Waals surface area contributed by atoms with Crippen molar-refractivity contribution in [2.45, 2.75) is 54.1 Å². The van der Waals surface area contributed by atoms with Crippen molar-refractivity contribution in [2.75, 3.05) is 19.1 Å². The van der Waals surface area contributed by atoms with Crippen molar-refractivity contribution in [2.24, 2.45) is 0 Å². The third kappa shape index (κ3) is 3.46. The van der Waals surface area contributed by atoms with Gasteiger partial charge in [0, 0.05) is 0 Å². The van der Waals surface area contributed by atoms with Crippen LogP contribution in [0.2, 0.25) is 0 Å².